The van der Waals surface area contributed by atoms with Crippen LogP contribution in [-0.2, 0) is 5.41 Å². The standard InChI is InChI=1S/C40H29NS2.C18H17PS/c1-40(2)32-15-6-4-11-31(32)36-33(40)23-22-30-29-14-9-16-34(38(29)43-39(30)36)41(3)25-20-18-24(19-21-25)26-12-8-13-28-27-10-5-7-17-35(27)42-37(26)28;19-12-6-10-16-15-9-4-5-11-17(15)20-18(16)13-14-7-2-1-3-8-14/h4-23H,1-3H3;1-2,4-7,9-13H,3,8,19H2/b;12-6-,16-10-,18-13-. The Morgan fingerprint density at radius 1 is 0.603 bits per heavy atom. The van der Waals surface area contributed by atoms with Crippen LogP contribution in [-0.4, -0.2) is 7.05 Å². The summed E-state index contributed by atoms with van der Waals surface area (Å²) in [6.45, 7) is 4.72. The first-order valence-electron chi connectivity index (χ1n) is 21.7. The maximum atomic E-state index is 2.63. The smallest absolute Gasteiger partial charge is 0.0592 e. The number of benzene rings is 7. The first kappa shape index (κ1) is 39.9. The third-order valence-corrected chi connectivity index (χ3v) is 16.8. The van der Waals surface area contributed by atoms with Crippen molar-refractivity contribution in [2.24, 2.45) is 0 Å². The lowest BCUT2D eigenvalue weighted by Gasteiger charge is -2.21. The molecule has 2 aliphatic rings. The summed E-state index contributed by atoms with van der Waals surface area (Å²) in [5.41, 5.74) is 12.1. The van der Waals surface area contributed by atoms with E-state index in [0.29, 0.717) is 0 Å². The zero-order valence-corrected chi connectivity index (χ0v) is 39.2. The fourth-order valence-corrected chi connectivity index (χ4v) is 13.6. The summed E-state index contributed by atoms with van der Waals surface area (Å²) in [5, 5.41) is 8.05. The molecule has 7 aromatic carbocycles. The molecule has 10 aromatic rings. The molecular formula is C58H46NPS3. The fraction of sp³-hybridized carbons (Fsp3) is 0.103. The van der Waals surface area contributed by atoms with Crippen LogP contribution in [0.15, 0.2) is 181 Å². The quantitative estimate of drug-likeness (QED) is 0.156. The third kappa shape index (κ3) is 6.92. The summed E-state index contributed by atoms with van der Waals surface area (Å²) in [4.78, 5) is 2.35. The van der Waals surface area contributed by atoms with Gasteiger partial charge in [0.15, 0.2) is 0 Å². The van der Waals surface area contributed by atoms with Crippen molar-refractivity contribution in [2.75, 3.05) is 11.9 Å². The third-order valence-electron chi connectivity index (χ3n) is 12.9. The summed E-state index contributed by atoms with van der Waals surface area (Å²) in [6.07, 6.45) is 15.5. The summed E-state index contributed by atoms with van der Waals surface area (Å²) < 4.78 is 8.16. The van der Waals surface area contributed by atoms with Crippen molar-refractivity contribution in [3.63, 3.8) is 0 Å². The Morgan fingerprint density at radius 2 is 1.29 bits per heavy atom. The second-order valence-corrected chi connectivity index (χ2v) is 20.5. The van der Waals surface area contributed by atoms with Gasteiger partial charge in [0.2, 0.25) is 0 Å². The molecule has 1 unspecified atom stereocenters. The number of hydrogen-bond donors (Lipinski definition) is 0. The van der Waals surface area contributed by atoms with Gasteiger partial charge in [-0.1, -0.05) is 165 Å². The van der Waals surface area contributed by atoms with Crippen LogP contribution in [0, 0.1) is 0 Å². The van der Waals surface area contributed by atoms with Crippen molar-refractivity contribution in [3.05, 3.63) is 202 Å². The second-order valence-electron chi connectivity index (χ2n) is 17.0. The van der Waals surface area contributed by atoms with Crippen LogP contribution < -0.4 is 14.7 Å². The maximum Gasteiger partial charge on any atom is 0.0592 e. The largest absolute Gasteiger partial charge is 0.343 e. The molecule has 0 N–H and O–H groups in total. The summed E-state index contributed by atoms with van der Waals surface area (Å²) >= 11 is 5.71. The molecule has 0 radical (unpaired) electrons. The van der Waals surface area contributed by atoms with Crippen molar-refractivity contribution in [1.82, 2.24) is 0 Å². The van der Waals surface area contributed by atoms with Gasteiger partial charge in [0.05, 0.1) is 10.4 Å². The maximum absolute atomic E-state index is 2.63. The fourth-order valence-electron chi connectivity index (χ4n) is 9.69. The van der Waals surface area contributed by atoms with Gasteiger partial charge in [0, 0.05) is 79.2 Å². The number of allylic oxidation sites excluding steroid dienone is 5. The van der Waals surface area contributed by atoms with E-state index in [1.807, 2.05) is 39.8 Å². The van der Waals surface area contributed by atoms with Gasteiger partial charge in [-0.25, -0.2) is 0 Å². The van der Waals surface area contributed by atoms with Gasteiger partial charge >= 0.3 is 0 Å². The molecule has 0 amide bonds. The van der Waals surface area contributed by atoms with Crippen molar-refractivity contribution >= 4 is 117 Å². The minimum atomic E-state index is 0.0117. The lowest BCUT2D eigenvalue weighted by Crippen LogP contribution is -2.18. The number of anilines is 2. The van der Waals surface area contributed by atoms with E-state index in [-0.39, 0.29) is 5.41 Å². The van der Waals surface area contributed by atoms with Crippen LogP contribution in [0.4, 0.5) is 11.4 Å². The molecule has 63 heavy (non-hydrogen) atoms. The molecule has 1 atom stereocenters. The number of fused-ring (bicyclic) bond motifs is 11. The number of thiophene rings is 3. The summed E-state index contributed by atoms with van der Waals surface area (Å²) in [7, 11) is 4.83. The van der Waals surface area contributed by atoms with Crippen LogP contribution in [0.5, 0.6) is 0 Å². The van der Waals surface area contributed by atoms with Crippen LogP contribution in [0.1, 0.15) is 37.8 Å². The molecule has 12 rings (SSSR count). The molecular weight excluding hydrogens is 838 g/mol. The van der Waals surface area contributed by atoms with E-state index < -0.39 is 0 Å². The average molecular weight is 884 g/mol. The van der Waals surface area contributed by atoms with E-state index >= 15 is 0 Å². The van der Waals surface area contributed by atoms with E-state index in [2.05, 4.69) is 217 Å². The molecule has 0 fully saturated rings. The molecule has 0 saturated heterocycles. The molecule has 0 aliphatic heterocycles. The number of rotatable bonds is 5. The highest BCUT2D eigenvalue weighted by atomic mass is 32.1. The predicted octanol–water partition coefficient (Wildman–Crippen LogP) is 16.3. The average Bonchev–Trinajstić information content (AvgIpc) is 4.06. The minimum Gasteiger partial charge on any atom is -0.343 e. The van der Waals surface area contributed by atoms with E-state index in [1.165, 1.54) is 111 Å². The van der Waals surface area contributed by atoms with Gasteiger partial charge in [-0.15, -0.1) is 43.3 Å². The molecule has 5 heteroatoms. The molecule has 0 saturated carbocycles. The molecule has 0 bridgehead atoms. The second kappa shape index (κ2) is 16.4. The first-order valence-corrected chi connectivity index (χ1v) is 24.8. The normalized spacial score (nSPS) is 14.8. The Bertz CT molecular complexity index is 3630. The van der Waals surface area contributed by atoms with Crippen molar-refractivity contribution in [2.45, 2.75) is 32.1 Å². The highest BCUT2D eigenvalue weighted by Gasteiger charge is 2.36. The van der Waals surface area contributed by atoms with Gasteiger partial charge in [-0.3, -0.25) is 0 Å². The van der Waals surface area contributed by atoms with Gasteiger partial charge in [0.1, 0.15) is 0 Å². The number of hydrogen-bond acceptors (Lipinski definition) is 4. The SMILES string of the molecule is CN(c1ccc(-c2cccc3c2sc2ccccc23)cc1)c1cccc2c1sc1c3c(ccc12)C(C)(C)c1ccccc1-3.P\C=C/C=c1\c(=C\C2=CC=CCC2)sc2ccccc12. The molecule has 3 aromatic heterocycles. The Labute approximate surface area is 383 Å². The zero-order chi connectivity index (χ0) is 42.7. The van der Waals surface area contributed by atoms with E-state index in [4.69, 9.17) is 0 Å². The topological polar surface area (TPSA) is 3.24 Å². The molecule has 0 spiro atoms. The van der Waals surface area contributed by atoms with E-state index in [1.54, 1.807) is 0 Å². The predicted molar refractivity (Wildman–Crippen MR) is 285 cm³/mol. The lowest BCUT2D eigenvalue weighted by atomic mass is 9.82. The van der Waals surface area contributed by atoms with Crippen LogP contribution in [0.25, 0.3) is 84.8 Å². The number of nitrogens with zero attached hydrogens (tertiary/aromatic N) is 1. The van der Waals surface area contributed by atoms with Crippen LogP contribution >= 0.6 is 43.3 Å². The van der Waals surface area contributed by atoms with Gasteiger partial charge in [-0.2, -0.15) is 0 Å². The molecule has 2 aliphatic carbocycles. The molecule has 306 valence electrons. The summed E-state index contributed by atoms with van der Waals surface area (Å²) in [6, 6.07) is 53.6. The molecule has 3 heterocycles. The van der Waals surface area contributed by atoms with Crippen molar-refractivity contribution < 1.29 is 0 Å². The van der Waals surface area contributed by atoms with Crippen LogP contribution in [0.3, 0.4) is 0 Å². The first-order chi connectivity index (χ1) is 30.9. The van der Waals surface area contributed by atoms with Crippen molar-refractivity contribution in [1.29, 1.82) is 0 Å². The molecule has 1 nitrogen and oxygen atoms in total. The Kier molecular flexibility index (Phi) is 10.4. The van der Waals surface area contributed by atoms with Gasteiger partial charge in [-0.05, 0) is 82.6 Å². The Morgan fingerprint density at radius 3 is 2.08 bits per heavy atom. The summed E-state index contributed by atoms with van der Waals surface area (Å²) in [5.74, 6) is 2.00. The lowest BCUT2D eigenvalue weighted by molar-refractivity contribution is 0.661. The van der Waals surface area contributed by atoms with Gasteiger partial charge in [0.25, 0.3) is 0 Å². The van der Waals surface area contributed by atoms with Crippen LogP contribution in [0.2, 0.25) is 0 Å². The Hall–Kier alpha value is -5.87. The highest BCUT2D eigenvalue weighted by molar-refractivity contribution is 7.27. The van der Waals surface area contributed by atoms with E-state index in [0.717, 1.165) is 12.8 Å². The monoisotopic (exact) mass is 883 g/mol. The highest BCUT2D eigenvalue weighted by Crippen LogP contribution is 2.54. The van der Waals surface area contributed by atoms with Gasteiger partial charge < -0.3 is 4.90 Å². The van der Waals surface area contributed by atoms with E-state index in [9.17, 15) is 0 Å². The zero-order valence-electron chi connectivity index (χ0n) is 35.6. The Balaban J connectivity index is 0.000000186. The minimum absolute atomic E-state index is 0.0117. The van der Waals surface area contributed by atoms with Crippen molar-refractivity contribution in [3.8, 4) is 22.3 Å².